The smallest absolute Gasteiger partial charge is 0.161 e. The number of rotatable bonds is 4. The van der Waals surface area contributed by atoms with E-state index in [0.29, 0.717) is 11.6 Å². The van der Waals surface area contributed by atoms with Gasteiger partial charge in [0.05, 0.1) is 6.10 Å². The number of hydrogen-bond donors (Lipinski definition) is 2. The highest BCUT2D eigenvalue weighted by molar-refractivity contribution is 5.59. The molecule has 0 saturated carbocycles. The van der Waals surface area contributed by atoms with Crippen LogP contribution >= 0.6 is 0 Å². The van der Waals surface area contributed by atoms with E-state index in [-0.39, 0.29) is 6.10 Å². The molecule has 0 atom stereocenters. The molecule has 5 nitrogen and oxygen atoms in total. The van der Waals surface area contributed by atoms with Crippen LogP contribution in [0.1, 0.15) is 19.5 Å². The number of ether oxygens (including phenoxy) is 1. The van der Waals surface area contributed by atoms with E-state index < -0.39 is 0 Å². The molecule has 0 radical (unpaired) electrons. The van der Waals surface area contributed by atoms with Gasteiger partial charge in [0.25, 0.3) is 0 Å². The maximum absolute atomic E-state index is 5.67. The minimum Gasteiger partial charge on any atom is -0.491 e. The molecular formula is C14H18N4O. The highest BCUT2D eigenvalue weighted by Gasteiger charge is 2.06. The number of hydrazine groups is 1. The summed E-state index contributed by atoms with van der Waals surface area (Å²) in [6.07, 6.45) is 0.134. The van der Waals surface area contributed by atoms with Crippen molar-refractivity contribution in [3.8, 4) is 17.1 Å². The number of hydrogen-bond acceptors (Lipinski definition) is 5. The second-order valence-corrected chi connectivity index (χ2v) is 4.56. The lowest BCUT2D eigenvalue weighted by atomic mass is 10.2. The van der Waals surface area contributed by atoms with E-state index in [1.807, 2.05) is 45.0 Å². The topological polar surface area (TPSA) is 73.1 Å². The maximum Gasteiger partial charge on any atom is 0.161 e. The first-order chi connectivity index (χ1) is 9.08. The Morgan fingerprint density at radius 1 is 1.21 bits per heavy atom. The number of aromatic nitrogens is 2. The number of nitrogens with two attached hydrogens (primary N) is 1. The average molecular weight is 258 g/mol. The van der Waals surface area contributed by atoms with Crippen molar-refractivity contribution in [3.05, 3.63) is 36.0 Å². The molecule has 2 aromatic rings. The minimum absolute atomic E-state index is 0.134. The zero-order chi connectivity index (χ0) is 13.8. The SMILES string of the molecule is Cc1cc(NN)nc(-c2cccc(OC(C)C)c2)n1. The molecule has 19 heavy (non-hydrogen) atoms. The fourth-order valence-electron chi connectivity index (χ4n) is 1.75. The molecule has 1 heterocycles. The Morgan fingerprint density at radius 2 is 2.00 bits per heavy atom. The highest BCUT2D eigenvalue weighted by atomic mass is 16.5. The number of nitrogens with one attached hydrogen (secondary N) is 1. The summed E-state index contributed by atoms with van der Waals surface area (Å²) in [5, 5.41) is 0. The molecule has 0 bridgehead atoms. The fourth-order valence-corrected chi connectivity index (χ4v) is 1.75. The minimum atomic E-state index is 0.134. The Bertz CT molecular complexity index is 569. The van der Waals surface area contributed by atoms with E-state index >= 15 is 0 Å². The molecule has 0 aliphatic rings. The maximum atomic E-state index is 5.67. The van der Waals surface area contributed by atoms with Gasteiger partial charge in [0.15, 0.2) is 5.82 Å². The van der Waals surface area contributed by atoms with Gasteiger partial charge in [-0.2, -0.15) is 0 Å². The first-order valence-electron chi connectivity index (χ1n) is 6.18. The van der Waals surface area contributed by atoms with Gasteiger partial charge < -0.3 is 10.2 Å². The Kier molecular flexibility index (Phi) is 3.97. The molecule has 0 saturated heterocycles. The van der Waals surface area contributed by atoms with Crippen LogP contribution in [-0.2, 0) is 0 Å². The van der Waals surface area contributed by atoms with Gasteiger partial charge in [-0.3, -0.25) is 0 Å². The summed E-state index contributed by atoms with van der Waals surface area (Å²) in [5.41, 5.74) is 4.30. The average Bonchev–Trinajstić information content (AvgIpc) is 2.37. The van der Waals surface area contributed by atoms with Gasteiger partial charge in [0, 0.05) is 17.3 Å². The van der Waals surface area contributed by atoms with Crippen LogP contribution in [0.5, 0.6) is 5.75 Å². The molecule has 100 valence electrons. The second-order valence-electron chi connectivity index (χ2n) is 4.56. The Labute approximate surface area is 112 Å². The monoisotopic (exact) mass is 258 g/mol. The van der Waals surface area contributed by atoms with Crippen molar-refractivity contribution in [1.29, 1.82) is 0 Å². The molecule has 0 amide bonds. The second kappa shape index (κ2) is 5.67. The first-order valence-corrected chi connectivity index (χ1v) is 6.18. The molecule has 0 aliphatic heterocycles. The van der Waals surface area contributed by atoms with E-state index in [1.54, 1.807) is 6.07 Å². The van der Waals surface area contributed by atoms with Crippen molar-refractivity contribution in [1.82, 2.24) is 9.97 Å². The third kappa shape index (κ3) is 3.42. The molecule has 2 rings (SSSR count). The number of anilines is 1. The molecule has 3 N–H and O–H groups in total. The molecule has 0 spiro atoms. The van der Waals surface area contributed by atoms with Crippen LogP contribution in [0.4, 0.5) is 5.82 Å². The van der Waals surface area contributed by atoms with Crippen LogP contribution in [0.25, 0.3) is 11.4 Å². The lowest BCUT2D eigenvalue weighted by Crippen LogP contribution is -2.10. The third-order valence-corrected chi connectivity index (χ3v) is 2.47. The van der Waals surface area contributed by atoms with Crippen LogP contribution < -0.4 is 16.0 Å². The van der Waals surface area contributed by atoms with E-state index in [9.17, 15) is 0 Å². The van der Waals surface area contributed by atoms with Crippen molar-refractivity contribution in [2.45, 2.75) is 26.9 Å². The summed E-state index contributed by atoms with van der Waals surface area (Å²) >= 11 is 0. The number of benzene rings is 1. The van der Waals surface area contributed by atoms with Crippen LogP contribution in [0, 0.1) is 6.92 Å². The summed E-state index contributed by atoms with van der Waals surface area (Å²) in [4.78, 5) is 8.75. The third-order valence-electron chi connectivity index (χ3n) is 2.47. The van der Waals surface area contributed by atoms with Gasteiger partial charge in [0.2, 0.25) is 0 Å². The first kappa shape index (κ1) is 13.3. The largest absolute Gasteiger partial charge is 0.491 e. The fraction of sp³-hybridized carbons (Fsp3) is 0.286. The van der Waals surface area contributed by atoms with Crippen LogP contribution in [-0.4, -0.2) is 16.1 Å². The Morgan fingerprint density at radius 3 is 2.68 bits per heavy atom. The molecule has 0 unspecified atom stereocenters. The van der Waals surface area contributed by atoms with Crippen molar-refractivity contribution < 1.29 is 4.74 Å². The Hall–Kier alpha value is -2.14. The zero-order valence-electron chi connectivity index (χ0n) is 11.3. The summed E-state index contributed by atoms with van der Waals surface area (Å²) in [6.45, 7) is 5.89. The lowest BCUT2D eigenvalue weighted by Gasteiger charge is -2.11. The predicted octanol–water partition coefficient (Wildman–Crippen LogP) is 2.52. The van der Waals surface area contributed by atoms with Crippen LogP contribution in [0.3, 0.4) is 0 Å². The van der Waals surface area contributed by atoms with E-state index in [4.69, 9.17) is 10.6 Å². The van der Waals surface area contributed by atoms with Crippen LogP contribution in [0.15, 0.2) is 30.3 Å². The summed E-state index contributed by atoms with van der Waals surface area (Å²) < 4.78 is 5.67. The van der Waals surface area contributed by atoms with Gasteiger partial charge >= 0.3 is 0 Å². The highest BCUT2D eigenvalue weighted by Crippen LogP contribution is 2.23. The van der Waals surface area contributed by atoms with E-state index in [0.717, 1.165) is 17.0 Å². The van der Waals surface area contributed by atoms with Crippen molar-refractivity contribution >= 4 is 5.82 Å². The summed E-state index contributed by atoms with van der Waals surface area (Å²) in [7, 11) is 0. The van der Waals surface area contributed by atoms with E-state index in [2.05, 4.69) is 15.4 Å². The molecule has 0 fully saturated rings. The molecule has 1 aromatic carbocycles. The van der Waals surface area contributed by atoms with Crippen molar-refractivity contribution in [3.63, 3.8) is 0 Å². The normalized spacial score (nSPS) is 10.6. The Balaban J connectivity index is 2.38. The van der Waals surface area contributed by atoms with Gasteiger partial charge in [-0.25, -0.2) is 15.8 Å². The van der Waals surface area contributed by atoms with Gasteiger partial charge in [-0.05, 0) is 32.9 Å². The van der Waals surface area contributed by atoms with Crippen molar-refractivity contribution in [2.75, 3.05) is 5.43 Å². The zero-order valence-corrected chi connectivity index (χ0v) is 11.3. The summed E-state index contributed by atoms with van der Waals surface area (Å²) in [5.74, 6) is 7.42. The number of nitrogens with zero attached hydrogens (tertiary/aromatic N) is 2. The van der Waals surface area contributed by atoms with Crippen LogP contribution in [0.2, 0.25) is 0 Å². The van der Waals surface area contributed by atoms with Gasteiger partial charge in [-0.15, -0.1) is 0 Å². The molecule has 1 aromatic heterocycles. The van der Waals surface area contributed by atoms with Gasteiger partial charge in [0.1, 0.15) is 11.6 Å². The standard InChI is InChI=1S/C14H18N4O/c1-9(2)19-12-6-4-5-11(8-12)14-16-10(3)7-13(17-14)18-15/h4-9H,15H2,1-3H3,(H,16,17,18). The molecule has 5 heteroatoms. The number of nitrogen functional groups attached to an aromatic ring is 1. The summed E-state index contributed by atoms with van der Waals surface area (Å²) in [6, 6.07) is 9.50. The van der Waals surface area contributed by atoms with E-state index in [1.165, 1.54) is 0 Å². The lowest BCUT2D eigenvalue weighted by molar-refractivity contribution is 0.242. The van der Waals surface area contributed by atoms with Gasteiger partial charge in [-0.1, -0.05) is 12.1 Å². The van der Waals surface area contributed by atoms with Crippen molar-refractivity contribution in [2.24, 2.45) is 5.84 Å². The predicted molar refractivity (Wildman–Crippen MR) is 75.8 cm³/mol. The molecular weight excluding hydrogens is 240 g/mol. The quantitative estimate of drug-likeness (QED) is 0.651. The molecule has 0 aliphatic carbocycles. The number of aryl methyl sites for hydroxylation is 1.